The second-order valence-electron chi connectivity index (χ2n) is 7.44. The quantitative estimate of drug-likeness (QED) is 0.329. The van der Waals surface area contributed by atoms with Gasteiger partial charge in [0.15, 0.2) is 0 Å². The molecule has 6 nitrogen and oxygen atoms in total. The molecule has 0 spiro atoms. The maximum atomic E-state index is 12.4. The number of amides is 1. The molecule has 1 aromatic heterocycles. The molecule has 2 aliphatic rings. The van der Waals surface area contributed by atoms with E-state index in [0.717, 1.165) is 27.2 Å². The van der Waals surface area contributed by atoms with Crippen LogP contribution in [0, 0.1) is 5.92 Å². The third kappa shape index (κ3) is 2.90. The Morgan fingerprint density at radius 3 is 2.72 bits per heavy atom. The van der Waals surface area contributed by atoms with Gasteiger partial charge in [0.05, 0.1) is 35.2 Å². The smallest absolute Gasteiger partial charge is 0.543 e. The molecule has 140 valence electrons. The van der Waals surface area contributed by atoms with Gasteiger partial charge in [-0.25, -0.2) is 0 Å². The maximum absolute atomic E-state index is 12.4. The zero-order valence-corrected chi connectivity index (χ0v) is 18.1. The largest absolute Gasteiger partial charge is 1.00 e. The molecule has 1 N–H and O–H groups in total. The molecule has 3 aromatic rings. The van der Waals surface area contributed by atoms with Crippen molar-refractivity contribution in [3.8, 4) is 0 Å². The standard InChI is InChI=1S/C22H18N2O4.Na/c1-11(25)19-18-9-16(20(22(27)28)24(18)21(19)26)12-6-7-13-10-23-17-5-3-2-4-14(17)15(13)8-12;/h2-8,10-11,18-19,25H,9H2,1H3,(H,27,28);/q;+1/p-1/t11-,18-,19-;/m1./s1. The third-order valence-corrected chi connectivity index (χ3v) is 5.86. The molecule has 0 unspecified atom stereocenters. The van der Waals surface area contributed by atoms with Crippen molar-refractivity contribution in [2.75, 3.05) is 0 Å². The van der Waals surface area contributed by atoms with Crippen LogP contribution < -0.4 is 34.7 Å². The number of para-hydroxylation sites is 1. The molecular formula is C22H17N2NaO4. The van der Waals surface area contributed by atoms with E-state index in [2.05, 4.69) is 4.98 Å². The minimum atomic E-state index is -1.37. The average molecular weight is 396 g/mol. The number of aliphatic hydroxyl groups excluding tert-OH is 1. The van der Waals surface area contributed by atoms with Gasteiger partial charge in [-0.15, -0.1) is 0 Å². The second kappa shape index (κ2) is 7.22. The van der Waals surface area contributed by atoms with Gasteiger partial charge in [0.1, 0.15) is 0 Å². The first-order chi connectivity index (χ1) is 13.5. The van der Waals surface area contributed by atoms with Crippen LogP contribution in [-0.4, -0.2) is 39.0 Å². The molecule has 1 fully saturated rings. The number of carbonyl (C=O) groups excluding carboxylic acids is 2. The molecule has 1 amide bonds. The molecule has 0 radical (unpaired) electrons. The maximum Gasteiger partial charge on any atom is 1.00 e. The number of hydrogen-bond donors (Lipinski definition) is 1. The van der Waals surface area contributed by atoms with E-state index in [9.17, 15) is 19.8 Å². The fraction of sp³-hybridized carbons (Fsp3) is 0.227. The van der Waals surface area contributed by atoms with Crippen molar-refractivity contribution in [3.63, 3.8) is 0 Å². The van der Waals surface area contributed by atoms with E-state index in [4.69, 9.17) is 0 Å². The van der Waals surface area contributed by atoms with Crippen molar-refractivity contribution in [2.24, 2.45) is 5.92 Å². The Bertz CT molecular complexity index is 1200. The molecule has 0 aliphatic carbocycles. The summed E-state index contributed by atoms with van der Waals surface area (Å²) in [7, 11) is 0. The summed E-state index contributed by atoms with van der Waals surface area (Å²) >= 11 is 0. The van der Waals surface area contributed by atoms with E-state index in [1.165, 1.54) is 4.90 Å². The molecule has 3 atom stereocenters. The van der Waals surface area contributed by atoms with Crippen molar-refractivity contribution >= 4 is 39.1 Å². The van der Waals surface area contributed by atoms with Gasteiger partial charge in [0, 0.05) is 17.0 Å². The minimum absolute atomic E-state index is 0. The summed E-state index contributed by atoms with van der Waals surface area (Å²) in [6.07, 6.45) is 1.37. The first-order valence-electron chi connectivity index (χ1n) is 9.21. The Labute approximate surface area is 189 Å². The number of rotatable bonds is 3. The number of hydrogen-bond acceptors (Lipinski definition) is 5. The van der Waals surface area contributed by atoms with Gasteiger partial charge in [0.25, 0.3) is 0 Å². The first-order valence-corrected chi connectivity index (χ1v) is 9.21. The summed E-state index contributed by atoms with van der Waals surface area (Å²) in [5.41, 5.74) is 2.10. The van der Waals surface area contributed by atoms with Crippen molar-refractivity contribution in [2.45, 2.75) is 25.5 Å². The van der Waals surface area contributed by atoms with Crippen LogP contribution in [0.2, 0.25) is 0 Å². The number of pyridine rings is 1. The normalized spacial score (nSPS) is 21.7. The molecule has 0 saturated carbocycles. The SMILES string of the molecule is C[C@@H](O)[C@H]1C(=O)N2C(C(=O)[O-])=C(c3ccc4cnc5ccccc5c4c3)C[C@H]12.[Na+]. The van der Waals surface area contributed by atoms with Gasteiger partial charge in [-0.1, -0.05) is 30.3 Å². The Kier molecular flexibility index (Phi) is 4.99. The summed E-state index contributed by atoms with van der Waals surface area (Å²) in [6, 6.07) is 13.2. The van der Waals surface area contributed by atoms with Gasteiger partial charge in [-0.3, -0.25) is 9.78 Å². The van der Waals surface area contributed by atoms with Crippen LogP contribution in [0.4, 0.5) is 0 Å². The fourth-order valence-electron chi connectivity index (χ4n) is 4.56. The van der Waals surface area contributed by atoms with Gasteiger partial charge in [-0.2, -0.15) is 0 Å². The Morgan fingerprint density at radius 1 is 1.24 bits per heavy atom. The van der Waals surface area contributed by atoms with Crippen molar-refractivity contribution < 1.29 is 49.4 Å². The van der Waals surface area contributed by atoms with Crippen molar-refractivity contribution in [1.29, 1.82) is 0 Å². The minimum Gasteiger partial charge on any atom is -0.543 e. The summed E-state index contributed by atoms with van der Waals surface area (Å²) in [5.74, 6) is -2.29. The number of β-lactam (4-membered cyclic amide) rings is 1. The van der Waals surface area contributed by atoms with E-state index in [-0.39, 0.29) is 47.2 Å². The van der Waals surface area contributed by atoms with E-state index in [1.54, 1.807) is 13.1 Å². The number of fused-ring (bicyclic) bond motifs is 4. The number of aromatic nitrogens is 1. The monoisotopic (exact) mass is 396 g/mol. The topological polar surface area (TPSA) is 93.6 Å². The molecule has 0 bridgehead atoms. The van der Waals surface area contributed by atoms with Crippen LogP contribution in [0.3, 0.4) is 0 Å². The second-order valence-corrected chi connectivity index (χ2v) is 7.44. The molecule has 5 rings (SSSR count). The van der Waals surface area contributed by atoms with Crippen LogP contribution in [0.15, 0.2) is 54.4 Å². The van der Waals surface area contributed by atoms with Crippen LogP contribution in [-0.2, 0) is 9.59 Å². The molecular weight excluding hydrogens is 379 g/mol. The van der Waals surface area contributed by atoms with Crippen molar-refractivity contribution in [3.05, 3.63) is 59.9 Å². The zero-order chi connectivity index (χ0) is 19.6. The fourth-order valence-corrected chi connectivity index (χ4v) is 4.56. The predicted octanol–water partition coefficient (Wildman–Crippen LogP) is -1.54. The van der Waals surface area contributed by atoms with E-state index >= 15 is 0 Å². The summed E-state index contributed by atoms with van der Waals surface area (Å²) in [4.78, 5) is 30.0. The number of aliphatic carboxylic acids is 1. The zero-order valence-electron chi connectivity index (χ0n) is 16.1. The molecule has 29 heavy (non-hydrogen) atoms. The van der Waals surface area contributed by atoms with Gasteiger partial charge in [-0.05, 0) is 42.0 Å². The van der Waals surface area contributed by atoms with Crippen molar-refractivity contribution in [1.82, 2.24) is 9.88 Å². The summed E-state index contributed by atoms with van der Waals surface area (Å²) < 4.78 is 0. The number of carbonyl (C=O) groups is 2. The Hall–Kier alpha value is -2.25. The Morgan fingerprint density at radius 2 is 2.00 bits per heavy atom. The van der Waals surface area contributed by atoms with E-state index in [1.807, 2.05) is 42.5 Å². The third-order valence-electron chi connectivity index (χ3n) is 5.86. The van der Waals surface area contributed by atoms with E-state index < -0.39 is 18.0 Å². The number of carboxylic acids is 1. The van der Waals surface area contributed by atoms with Crippen LogP contribution >= 0.6 is 0 Å². The van der Waals surface area contributed by atoms with Gasteiger partial charge >= 0.3 is 29.6 Å². The molecule has 7 heteroatoms. The first kappa shape index (κ1) is 20.0. The van der Waals surface area contributed by atoms with Gasteiger partial charge in [0.2, 0.25) is 5.91 Å². The van der Waals surface area contributed by atoms with Crippen LogP contribution in [0.25, 0.3) is 27.2 Å². The van der Waals surface area contributed by atoms with Crippen LogP contribution in [0.1, 0.15) is 18.9 Å². The molecule has 2 aliphatic heterocycles. The summed E-state index contributed by atoms with van der Waals surface area (Å²) in [5, 5.41) is 24.6. The number of carboxylic acid groups (broad SMARTS) is 1. The van der Waals surface area contributed by atoms with Gasteiger partial charge < -0.3 is 19.9 Å². The Balaban J connectivity index is 0.00000205. The number of benzene rings is 2. The van der Waals surface area contributed by atoms with Crippen LogP contribution in [0.5, 0.6) is 0 Å². The molecule has 2 aromatic carbocycles. The molecule has 1 saturated heterocycles. The number of aliphatic hydroxyl groups is 1. The average Bonchev–Trinajstić information content (AvgIpc) is 3.02. The molecule has 3 heterocycles. The number of nitrogens with zero attached hydrogens (tertiary/aromatic N) is 2. The van der Waals surface area contributed by atoms with E-state index in [0.29, 0.717) is 12.0 Å². The summed E-state index contributed by atoms with van der Waals surface area (Å²) in [6.45, 7) is 1.56. The predicted molar refractivity (Wildman–Crippen MR) is 102 cm³/mol.